The van der Waals surface area contributed by atoms with E-state index in [4.69, 9.17) is 4.74 Å². The summed E-state index contributed by atoms with van der Waals surface area (Å²) in [6.45, 7) is 4.73. The first-order valence-corrected chi connectivity index (χ1v) is 10.7. The van der Waals surface area contributed by atoms with E-state index in [2.05, 4.69) is 4.90 Å². The molecule has 0 atom stereocenters. The van der Waals surface area contributed by atoms with Crippen molar-refractivity contribution in [3.63, 3.8) is 0 Å². The van der Waals surface area contributed by atoms with Crippen molar-refractivity contribution < 1.29 is 17.9 Å². The molecule has 3 aliphatic rings. The number of hydrogen-bond donors (Lipinski definition) is 0. The molecule has 0 aromatic heterocycles. The molecular weight excluding hydrogens is 354 g/mol. The lowest BCUT2D eigenvalue weighted by Crippen LogP contribution is -2.49. The van der Waals surface area contributed by atoms with Crippen molar-refractivity contribution in [1.82, 2.24) is 14.1 Å². The first-order valence-electron chi connectivity index (χ1n) is 9.27. The van der Waals surface area contributed by atoms with E-state index in [0.29, 0.717) is 51.0 Å². The maximum absolute atomic E-state index is 12.8. The fourth-order valence-corrected chi connectivity index (χ4v) is 5.09. The molecular formula is C18H25N3O4S. The number of rotatable bonds is 4. The second kappa shape index (κ2) is 7.26. The summed E-state index contributed by atoms with van der Waals surface area (Å²) in [5.74, 6) is -0.0838. The molecule has 1 aromatic rings. The monoisotopic (exact) mass is 379 g/mol. The summed E-state index contributed by atoms with van der Waals surface area (Å²) in [7, 11) is -3.59. The Morgan fingerprint density at radius 1 is 1.00 bits per heavy atom. The van der Waals surface area contributed by atoms with Crippen LogP contribution in [0.2, 0.25) is 0 Å². The van der Waals surface area contributed by atoms with Crippen molar-refractivity contribution in [2.45, 2.75) is 23.8 Å². The largest absolute Gasteiger partial charge is 0.379 e. The molecule has 4 rings (SSSR count). The van der Waals surface area contributed by atoms with Crippen molar-refractivity contribution in [3.8, 4) is 0 Å². The topological polar surface area (TPSA) is 70.2 Å². The highest BCUT2D eigenvalue weighted by Gasteiger charge is 2.33. The molecule has 1 aliphatic carbocycles. The van der Waals surface area contributed by atoms with Gasteiger partial charge in [-0.15, -0.1) is 0 Å². The third-order valence-corrected chi connectivity index (χ3v) is 7.25. The number of benzene rings is 1. The summed E-state index contributed by atoms with van der Waals surface area (Å²) >= 11 is 0. The van der Waals surface area contributed by atoms with Crippen LogP contribution in [0.3, 0.4) is 0 Å². The van der Waals surface area contributed by atoms with Gasteiger partial charge >= 0.3 is 0 Å². The van der Waals surface area contributed by atoms with Crippen LogP contribution in [0.25, 0.3) is 0 Å². The van der Waals surface area contributed by atoms with Gasteiger partial charge in [0.15, 0.2) is 0 Å². The fourth-order valence-electron chi connectivity index (χ4n) is 3.64. The number of amides is 1. The standard InChI is InChI=1S/C18H25N3O4S/c22-18(20-8-6-19(7-9-20)16-4-5-16)15-2-1-3-17(14-15)26(23,24)21-10-12-25-13-11-21/h1-3,14,16H,4-13H2. The predicted octanol–water partition coefficient (Wildman–Crippen LogP) is 0.628. The van der Waals surface area contributed by atoms with Crippen LogP contribution >= 0.6 is 0 Å². The molecule has 26 heavy (non-hydrogen) atoms. The van der Waals surface area contributed by atoms with Gasteiger partial charge in [0, 0.05) is 50.9 Å². The zero-order chi connectivity index (χ0) is 18.1. The maximum Gasteiger partial charge on any atom is 0.253 e. The Balaban J connectivity index is 1.47. The van der Waals surface area contributed by atoms with Gasteiger partial charge in [-0.2, -0.15) is 4.31 Å². The summed E-state index contributed by atoms with van der Waals surface area (Å²) in [6, 6.07) is 7.15. The Labute approximate surface area is 154 Å². The lowest BCUT2D eigenvalue weighted by Gasteiger charge is -2.35. The SMILES string of the molecule is O=C(c1cccc(S(=O)(=O)N2CCOCC2)c1)N1CCN(C2CC2)CC1. The highest BCUT2D eigenvalue weighted by atomic mass is 32.2. The Morgan fingerprint density at radius 2 is 1.69 bits per heavy atom. The zero-order valence-electron chi connectivity index (χ0n) is 14.8. The molecule has 1 aromatic carbocycles. The molecule has 0 radical (unpaired) electrons. The summed E-state index contributed by atoms with van der Waals surface area (Å²) in [6.07, 6.45) is 2.55. The van der Waals surface area contributed by atoms with Crippen LogP contribution in [-0.4, -0.2) is 87.0 Å². The van der Waals surface area contributed by atoms with Crippen molar-refractivity contribution >= 4 is 15.9 Å². The van der Waals surface area contributed by atoms with Gasteiger partial charge in [0.2, 0.25) is 10.0 Å². The van der Waals surface area contributed by atoms with E-state index < -0.39 is 10.0 Å². The third kappa shape index (κ3) is 3.64. The minimum Gasteiger partial charge on any atom is -0.379 e. The van der Waals surface area contributed by atoms with Crippen LogP contribution < -0.4 is 0 Å². The zero-order valence-corrected chi connectivity index (χ0v) is 15.7. The summed E-state index contributed by atoms with van der Waals surface area (Å²) in [4.78, 5) is 17.3. The van der Waals surface area contributed by atoms with E-state index in [1.165, 1.54) is 23.2 Å². The van der Waals surface area contributed by atoms with Gasteiger partial charge in [0.25, 0.3) is 5.91 Å². The molecule has 7 nitrogen and oxygen atoms in total. The lowest BCUT2D eigenvalue weighted by atomic mass is 10.2. The number of hydrogen-bond acceptors (Lipinski definition) is 5. The second-order valence-corrected chi connectivity index (χ2v) is 9.04. The van der Waals surface area contributed by atoms with Gasteiger partial charge in [0.05, 0.1) is 18.1 Å². The average Bonchev–Trinajstić information content (AvgIpc) is 3.54. The fraction of sp³-hybridized carbons (Fsp3) is 0.611. The Bertz CT molecular complexity index is 764. The summed E-state index contributed by atoms with van der Waals surface area (Å²) in [5, 5.41) is 0. The molecule has 2 aliphatic heterocycles. The normalized spacial score (nSPS) is 23.2. The molecule has 142 valence electrons. The van der Waals surface area contributed by atoms with E-state index in [0.717, 1.165) is 13.1 Å². The quantitative estimate of drug-likeness (QED) is 0.767. The molecule has 2 heterocycles. The van der Waals surface area contributed by atoms with Crippen LogP contribution in [0.1, 0.15) is 23.2 Å². The second-order valence-electron chi connectivity index (χ2n) is 7.10. The number of nitrogens with zero attached hydrogens (tertiary/aromatic N) is 3. The molecule has 3 fully saturated rings. The molecule has 2 saturated heterocycles. The highest BCUT2D eigenvalue weighted by molar-refractivity contribution is 7.89. The summed E-state index contributed by atoms with van der Waals surface area (Å²) < 4.78 is 32.3. The van der Waals surface area contributed by atoms with Crippen molar-refractivity contribution in [2.24, 2.45) is 0 Å². The van der Waals surface area contributed by atoms with Crippen molar-refractivity contribution in [3.05, 3.63) is 29.8 Å². The maximum atomic E-state index is 12.8. The lowest BCUT2D eigenvalue weighted by molar-refractivity contribution is 0.0627. The predicted molar refractivity (Wildman–Crippen MR) is 96.5 cm³/mol. The van der Waals surface area contributed by atoms with E-state index in [9.17, 15) is 13.2 Å². The van der Waals surface area contributed by atoms with Gasteiger partial charge in [-0.05, 0) is 31.0 Å². The number of carbonyl (C=O) groups is 1. The van der Waals surface area contributed by atoms with Crippen LogP contribution in [-0.2, 0) is 14.8 Å². The molecule has 1 amide bonds. The molecule has 0 bridgehead atoms. The Hall–Kier alpha value is -1.48. The van der Waals surface area contributed by atoms with Gasteiger partial charge in [-0.3, -0.25) is 9.69 Å². The van der Waals surface area contributed by atoms with Gasteiger partial charge < -0.3 is 9.64 Å². The number of sulfonamides is 1. The van der Waals surface area contributed by atoms with Crippen LogP contribution in [0.4, 0.5) is 0 Å². The Morgan fingerprint density at radius 3 is 2.35 bits per heavy atom. The molecule has 8 heteroatoms. The molecule has 1 saturated carbocycles. The van der Waals surface area contributed by atoms with E-state index >= 15 is 0 Å². The van der Waals surface area contributed by atoms with Gasteiger partial charge in [0.1, 0.15) is 0 Å². The van der Waals surface area contributed by atoms with Crippen LogP contribution in [0.15, 0.2) is 29.2 Å². The van der Waals surface area contributed by atoms with Crippen LogP contribution in [0, 0.1) is 0 Å². The van der Waals surface area contributed by atoms with Gasteiger partial charge in [-0.25, -0.2) is 8.42 Å². The summed E-state index contributed by atoms with van der Waals surface area (Å²) in [5.41, 5.74) is 0.444. The van der Waals surface area contributed by atoms with Crippen LogP contribution in [0.5, 0.6) is 0 Å². The minimum absolute atomic E-state index is 0.0838. The number of morpholine rings is 1. The van der Waals surface area contributed by atoms with E-state index in [-0.39, 0.29) is 10.8 Å². The molecule has 0 N–H and O–H groups in total. The number of carbonyl (C=O) groups excluding carboxylic acids is 1. The highest BCUT2D eigenvalue weighted by Crippen LogP contribution is 2.28. The number of piperazine rings is 1. The first kappa shape index (κ1) is 17.9. The smallest absolute Gasteiger partial charge is 0.253 e. The van der Waals surface area contributed by atoms with Crippen molar-refractivity contribution in [1.29, 1.82) is 0 Å². The number of ether oxygens (including phenoxy) is 1. The minimum atomic E-state index is -3.59. The molecule has 0 spiro atoms. The first-order chi connectivity index (χ1) is 12.6. The third-order valence-electron chi connectivity index (χ3n) is 5.35. The van der Waals surface area contributed by atoms with E-state index in [1.807, 2.05) is 4.90 Å². The average molecular weight is 379 g/mol. The van der Waals surface area contributed by atoms with E-state index in [1.54, 1.807) is 18.2 Å². The van der Waals surface area contributed by atoms with Crippen molar-refractivity contribution in [2.75, 3.05) is 52.5 Å². The molecule has 0 unspecified atom stereocenters. The van der Waals surface area contributed by atoms with Gasteiger partial charge in [-0.1, -0.05) is 6.07 Å². The Kier molecular flexibility index (Phi) is 5.00.